The minimum absolute atomic E-state index is 0.0542. The molecule has 6 heteroatoms. The van der Waals surface area contributed by atoms with Gasteiger partial charge in [0, 0.05) is 5.56 Å². The first kappa shape index (κ1) is 22.5. The number of hydrogen-bond donors (Lipinski definition) is 0. The van der Waals surface area contributed by atoms with Gasteiger partial charge in [-0.1, -0.05) is 78.9 Å². The van der Waals surface area contributed by atoms with Gasteiger partial charge in [-0.3, -0.25) is 14.5 Å². The van der Waals surface area contributed by atoms with Gasteiger partial charge in [0.15, 0.2) is 0 Å². The van der Waals surface area contributed by atoms with E-state index in [2.05, 4.69) is 6.07 Å². The number of nitrogens with zero attached hydrogens (tertiary/aromatic N) is 2. The van der Waals surface area contributed by atoms with E-state index < -0.39 is 0 Å². The summed E-state index contributed by atoms with van der Waals surface area (Å²) in [5, 5.41) is 10.9. The molecule has 1 fully saturated rings. The highest BCUT2D eigenvalue weighted by Crippen LogP contribution is 2.37. The Hall–Kier alpha value is -4.34. The van der Waals surface area contributed by atoms with Crippen LogP contribution in [0.25, 0.3) is 16.8 Å². The van der Waals surface area contributed by atoms with E-state index in [1.165, 1.54) is 4.90 Å². The summed E-state index contributed by atoms with van der Waals surface area (Å²) in [5.41, 5.74) is 2.86. The number of carbonyl (C=O) groups excluding carboxylic acids is 2. The number of nitriles is 1. The Morgan fingerprint density at radius 2 is 1.63 bits per heavy atom. The fourth-order valence-electron chi connectivity index (χ4n) is 3.99. The van der Waals surface area contributed by atoms with Crippen LogP contribution < -0.4 is 4.74 Å². The highest BCUT2D eigenvalue weighted by atomic mass is 32.2. The summed E-state index contributed by atoms with van der Waals surface area (Å²) in [5.74, 6) is 0.254. The van der Waals surface area contributed by atoms with E-state index in [4.69, 9.17) is 4.74 Å². The number of ether oxygens (including phenoxy) is 1. The van der Waals surface area contributed by atoms with Crippen molar-refractivity contribution >= 4 is 39.8 Å². The highest BCUT2D eigenvalue weighted by Gasteiger charge is 2.35. The molecule has 0 atom stereocenters. The number of imide groups is 1. The molecule has 1 heterocycles. The average molecular weight is 477 g/mol. The lowest BCUT2D eigenvalue weighted by Crippen LogP contribution is -2.27. The standard InChI is InChI=1S/C29H20N2O3S/c30-17-22-11-4-5-12-23(22)18-31-28(32)27(35-29(31)33)16-25-24-13-7-6-10-21(24)14-15-26(25)34-19-20-8-2-1-3-9-20/h1-16H,18-19H2/b27-16-. The van der Waals surface area contributed by atoms with Crippen molar-refractivity contribution in [1.82, 2.24) is 4.90 Å². The molecule has 5 rings (SSSR count). The second kappa shape index (κ2) is 9.88. The van der Waals surface area contributed by atoms with Gasteiger partial charge in [0.25, 0.3) is 11.1 Å². The number of amides is 2. The molecule has 1 saturated heterocycles. The Morgan fingerprint density at radius 1 is 0.886 bits per heavy atom. The van der Waals surface area contributed by atoms with Crippen LogP contribution in [-0.4, -0.2) is 16.0 Å². The van der Waals surface area contributed by atoms with Crippen molar-refractivity contribution in [3.05, 3.63) is 118 Å². The zero-order valence-electron chi connectivity index (χ0n) is 18.7. The zero-order valence-corrected chi connectivity index (χ0v) is 19.5. The summed E-state index contributed by atoms with van der Waals surface area (Å²) in [7, 11) is 0. The molecular weight excluding hydrogens is 456 g/mol. The van der Waals surface area contributed by atoms with Crippen LogP contribution in [0.5, 0.6) is 5.75 Å². The molecule has 0 saturated carbocycles. The largest absolute Gasteiger partial charge is 0.488 e. The highest BCUT2D eigenvalue weighted by molar-refractivity contribution is 8.18. The summed E-state index contributed by atoms with van der Waals surface area (Å²) >= 11 is 0.901. The smallest absolute Gasteiger partial charge is 0.293 e. The van der Waals surface area contributed by atoms with Crippen molar-refractivity contribution in [3.8, 4) is 11.8 Å². The fourth-order valence-corrected chi connectivity index (χ4v) is 4.81. The molecule has 5 nitrogen and oxygen atoms in total. The summed E-state index contributed by atoms with van der Waals surface area (Å²) < 4.78 is 6.16. The van der Waals surface area contributed by atoms with Crippen molar-refractivity contribution < 1.29 is 14.3 Å². The molecule has 4 aromatic rings. The lowest BCUT2D eigenvalue weighted by atomic mass is 10.0. The van der Waals surface area contributed by atoms with E-state index in [0.29, 0.717) is 28.4 Å². The molecule has 0 aromatic heterocycles. The molecule has 0 spiro atoms. The monoisotopic (exact) mass is 476 g/mol. The second-order valence-electron chi connectivity index (χ2n) is 8.01. The van der Waals surface area contributed by atoms with Crippen LogP contribution in [0, 0.1) is 11.3 Å². The van der Waals surface area contributed by atoms with E-state index >= 15 is 0 Å². The topological polar surface area (TPSA) is 70.4 Å². The summed E-state index contributed by atoms with van der Waals surface area (Å²) in [6.07, 6.45) is 1.74. The van der Waals surface area contributed by atoms with E-state index in [-0.39, 0.29) is 17.7 Å². The van der Waals surface area contributed by atoms with Crippen LogP contribution in [-0.2, 0) is 17.9 Å². The van der Waals surface area contributed by atoms with Crippen LogP contribution in [0.1, 0.15) is 22.3 Å². The van der Waals surface area contributed by atoms with E-state index in [0.717, 1.165) is 33.7 Å². The molecule has 170 valence electrons. The maximum absolute atomic E-state index is 13.2. The van der Waals surface area contributed by atoms with Crippen LogP contribution >= 0.6 is 11.8 Å². The molecule has 2 amide bonds. The average Bonchev–Trinajstić information content (AvgIpc) is 3.16. The first-order valence-corrected chi connectivity index (χ1v) is 11.9. The van der Waals surface area contributed by atoms with Crippen molar-refractivity contribution in [2.45, 2.75) is 13.2 Å². The quantitative estimate of drug-likeness (QED) is 0.296. The third kappa shape index (κ3) is 4.68. The molecule has 1 aliphatic rings. The summed E-state index contributed by atoms with van der Waals surface area (Å²) in [4.78, 5) is 27.5. The maximum Gasteiger partial charge on any atom is 0.293 e. The molecule has 35 heavy (non-hydrogen) atoms. The predicted molar refractivity (Wildman–Crippen MR) is 137 cm³/mol. The van der Waals surface area contributed by atoms with Gasteiger partial charge in [0.1, 0.15) is 12.4 Å². The molecule has 0 N–H and O–H groups in total. The lowest BCUT2D eigenvalue weighted by molar-refractivity contribution is -0.123. The first-order valence-electron chi connectivity index (χ1n) is 11.1. The third-order valence-corrected chi connectivity index (χ3v) is 6.69. The van der Waals surface area contributed by atoms with Gasteiger partial charge in [-0.25, -0.2) is 0 Å². The number of rotatable bonds is 6. The Labute approximate surface area is 207 Å². The van der Waals surface area contributed by atoms with Gasteiger partial charge in [0.2, 0.25) is 0 Å². The van der Waals surface area contributed by atoms with Crippen LogP contribution in [0.4, 0.5) is 4.79 Å². The van der Waals surface area contributed by atoms with E-state index in [1.54, 1.807) is 30.3 Å². The summed E-state index contributed by atoms with van der Waals surface area (Å²) in [6, 6.07) is 30.7. The Bertz CT molecular complexity index is 1510. The normalized spacial score (nSPS) is 14.5. The van der Waals surface area contributed by atoms with Crippen LogP contribution in [0.15, 0.2) is 95.9 Å². The number of hydrogen-bond acceptors (Lipinski definition) is 5. The third-order valence-electron chi connectivity index (χ3n) is 5.78. The Balaban J connectivity index is 1.49. The van der Waals surface area contributed by atoms with Crippen LogP contribution in [0.3, 0.4) is 0 Å². The molecule has 0 aliphatic carbocycles. The van der Waals surface area contributed by atoms with E-state index in [1.807, 2.05) is 66.7 Å². The fraction of sp³-hybridized carbons (Fsp3) is 0.0690. The summed E-state index contributed by atoms with van der Waals surface area (Å²) in [6.45, 7) is 0.436. The van der Waals surface area contributed by atoms with Gasteiger partial charge in [-0.2, -0.15) is 5.26 Å². The second-order valence-corrected chi connectivity index (χ2v) is 9.00. The van der Waals surface area contributed by atoms with Gasteiger partial charge in [-0.05, 0) is 51.9 Å². The molecule has 1 aliphatic heterocycles. The Kier molecular flexibility index (Phi) is 6.34. The van der Waals surface area contributed by atoms with Crippen molar-refractivity contribution in [2.24, 2.45) is 0 Å². The van der Waals surface area contributed by atoms with E-state index in [9.17, 15) is 14.9 Å². The van der Waals surface area contributed by atoms with Crippen molar-refractivity contribution in [1.29, 1.82) is 5.26 Å². The van der Waals surface area contributed by atoms with Gasteiger partial charge in [-0.15, -0.1) is 0 Å². The number of carbonyl (C=O) groups is 2. The first-order chi connectivity index (χ1) is 17.1. The predicted octanol–water partition coefficient (Wildman–Crippen LogP) is 6.53. The number of benzene rings is 4. The molecule has 0 unspecified atom stereocenters. The Morgan fingerprint density at radius 3 is 2.46 bits per heavy atom. The minimum Gasteiger partial charge on any atom is -0.488 e. The van der Waals surface area contributed by atoms with Gasteiger partial charge >= 0.3 is 0 Å². The molecular formula is C29H20N2O3S. The molecule has 0 radical (unpaired) electrons. The maximum atomic E-state index is 13.2. The number of fused-ring (bicyclic) bond motifs is 1. The van der Waals surface area contributed by atoms with Crippen molar-refractivity contribution in [3.63, 3.8) is 0 Å². The van der Waals surface area contributed by atoms with Crippen LogP contribution in [0.2, 0.25) is 0 Å². The molecule has 0 bridgehead atoms. The number of thioether (sulfide) groups is 1. The lowest BCUT2D eigenvalue weighted by Gasteiger charge is -2.14. The van der Waals surface area contributed by atoms with Crippen molar-refractivity contribution in [2.75, 3.05) is 0 Å². The molecule has 4 aromatic carbocycles. The minimum atomic E-state index is -0.380. The zero-order chi connectivity index (χ0) is 24.2. The van der Waals surface area contributed by atoms with Gasteiger partial charge < -0.3 is 4.74 Å². The van der Waals surface area contributed by atoms with Gasteiger partial charge in [0.05, 0.1) is 23.1 Å². The SMILES string of the molecule is N#Cc1ccccc1CN1C(=O)S/C(=C\c2c(OCc3ccccc3)ccc3ccccc23)C1=O.